The van der Waals surface area contributed by atoms with Crippen LogP contribution in [0.3, 0.4) is 0 Å². The van der Waals surface area contributed by atoms with E-state index in [0.717, 1.165) is 17.5 Å². The predicted molar refractivity (Wildman–Crippen MR) is 90.7 cm³/mol. The monoisotopic (exact) mass is 335 g/mol. The van der Waals surface area contributed by atoms with Gasteiger partial charge in [0.05, 0.1) is 11.6 Å². The number of aromatic nitrogens is 1. The van der Waals surface area contributed by atoms with Crippen LogP contribution >= 0.6 is 0 Å². The van der Waals surface area contributed by atoms with Crippen molar-refractivity contribution in [1.82, 2.24) is 9.88 Å². The first kappa shape index (κ1) is 14.8. The minimum atomic E-state index is -0.557. The van der Waals surface area contributed by atoms with Crippen molar-refractivity contribution in [2.24, 2.45) is 5.92 Å². The van der Waals surface area contributed by atoms with Gasteiger partial charge in [0.25, 0.3) is 5.91 Å². The molecule has 1 unspecified atom stereocenters. The van der Waals surface area contributed by atoms with Crippen LogP contribution in [0.2, 0.25) is 0 Å². The van der Waals surface area contributed by atoms with Crippen LogP contribution in [0.1, 0.15) is 37.8 Å². The molecule has 3 heterocycles. The quantitative estimate of drug-likeness (QED) is 0.805. The van der Waals surface area contributed by atoms with Gasteiger partial charge in [-0.2, -0.15) is 0 Å². The second-order valence-corrected chi connectivity index (χ2v) is 7.99. The maximum Gasteiger partial charge on any atom is 0.257 e. The molecule has 1 aromatic heterocycles. The van der Waals surface area contributed by atoms with Crippen LogP contribution in [0.15, 0.2) is 35.7 Å². The fourth-order valence-corrected chi connectivity index (χ4v) is 5.45. The molecule has 3 aliphatic rings. The number of ketones is 1. The van der Waals surface area contributed by atoms with E-state index in [1.54, 1.807) is 4.90 Å². The Morgan fingerprint density at radius 1 is 1.36 bits per heavy atom. The van der Waals surface area contributed by atoms with E-state index in [-0.39, 0.29) is 23.2 Å². The smallest absolute Gasteiger partial charge is 0.257 e. The van der Waals surface area contributed by atoms with Crippen molar-refractivity contribution in [3.8, 4) is 0 Å². The normalized spacial score (nSPS) is 29.3. The third kappa shape index (κ3) is 1.54. The second kappa shape index (κ2) is 4.34. The van der Waals surface area contributed by atoms with Gasteiger partial charge in [-0.25, -0.2) is 0 Å². The molecule has 1 amide bonds. The van der Waals surface area contributed by atoms with E-state index in [4.69, 9.17) is 0 Å². The number of Topliss-reactive ketones (excluding diaryl/α,β-unsaturated/α-hetero) is 1. The summed E-state index contributed by atoms with van der Waals surface area (Å²) in [5.74, 6) is -1.02. The first-order chi connectivity index (χ1) is 11.8. The van der Waals surface area contributed by atoms with E-state index in [9.17, 15) is 14.7 Å². The maximum atomic E-state index is 13.0. The molecule has 0 radical (unpaired) electrons. The standard InChI is InChI=1S/C20H20N2O3/c1-9(23)14-18(24)17-16-11-8-21-13-6-4-5-10(15(11)13)7-12(16)20(2,3)22(17)19(14)25/h4-6,8,12,16-17,21,24H,7H2,1-3H3/p-1/t12-,16?,17+/m1/s1. The zero-order valence-corrected chi connectivity index (χ0v) is 14.4. The molecule has 1 aromatic carbocycles. The first-order valence-electron chi connectivity index (χ1n) is 8.68. The largest absolute Gasteiger partial charge is 0.873 e. The summed E-state index contributed by atoms with van der Waals surface area (Å²) in [7, 11) is 0. The fraction of sp³-hybridized carbons (Fsp3) is 0.400. The SMILES string of the molecule is CC(=O)C1=C([O-])[C@@H]2C3c4c[nH]c5cccc(c45)C[C@H]3C(C)(C)N2C1=O. The lowest BCUT2D eigenvalue weighted by Gasteiger charge is -2.37. The number of carbonyl (C=O) groups is 2. The molecule has 1 aliphatic carbocycles. The summed E-state index contributed by atoms with van der Waals surface area (Å²) < 4.78 is 0. The number of H-pyrrole nitrogens is 1. The zero-order chi connectivity index (χ0) is 17.7. The average Bonchev–Trinajstić information content (AvgIpc) is 3.14. The van der Waals surface area contributed by atoms with Crippen molar-refractivity contribution >= 4 is 22.6 Å². The van der Waals surface area contributed by atoms with Gasteiger partial charge < -0.3 is 15.0 Å². The molecule has 1 N–H and O–H groups in total. The van der Waals surface area contributed by atoms with Crippen molar-refractivity contribution in [3.63, 3.8) is 0 Å². The second-order valence-electron chi connectivity index (χ2n) is 7.99. The summed E-state index contributed by atoms with van der Waals surface area (Å²) in [6, 6.07) is 5.65. The van der Waals surface area contributed by atoms with Gasteiger partial charge in [0.2, 0.25) is 0 Å². The zero-order valence-electron chi connectivity index (χ0n) is 14.4. The third-order valence-corrected chi connectivity index (χ3v) is 6.50. The molecule has 2 aromatic rings. The molecule has 5 rings (SSSR count). The number of nitrogens with zero attached hydrogens (tertiary/aromatic N) is 1. The van der Waals surface area contributed by atoms with Gasteiger partial charge >= 0.3 is 0 Å². The molecular weight excluding hydrogens is 316 g/mol. The number of carbonyl (C=O) groups excluding carboxylic acids is 2. The van der Waals surface area contributed by atoms with Gasteiger partial charge in [-0.15, -0.1) is 0 Å². The minimum absolute atomic E-state index is 0.0630. The van der Waals surface area contributed by atoms with Gasteiger partial charge in [0.15, 0.2) is 5.78 Å². The Labute approximate surface area is 145 Å². The molecule has 0 bridgehead atoms. The number of nitrogens with one attached hydrogen (secondary N) is 1. The summed E-state index contributed by atoms with van der Waals surface area (Å²) in [6.45, 7) is 5.36. The molecule has 3 atom stereocenters. The number of benzene rings is 1. The van der Waals surface area contributed by atoms with Gasteiger partial charge in [-0.3, -0.25) is 9.59 Å². The molecule has 1 fully saturated rings. The molecular formula is C20H19N2O3-. The summed E-state index contributed by atoms with van der Waals surface area (Å²) in [6.07, 6.45) is 2.82. The molecule has 0 spiro atoms. The molecule has 5 nitrogen and oxygen atoms in total. The number of hydrogen-bond acceptors (Lipinski definition) is 3. The number of hydrogen-bond donors (Lipinski definition) is 1. The highest BCUT2D eigenvalue weighted by Gasteiger charge is 2.60. The lowest BCUT2D eigenvalue weighted by molar-refractivity contribution is -0.312. The highest BCUT2D eigenvalue weighted by molar-refractivity contribution is 6.21. The third-order valence-electron chi connectivity index (χ3n) is 6.50. The van der Waals surface area contributed by atoms with Gasteiger partial charge in [0, 0.05) is 28.6 Å². The van der Waals surface area contributed by atoms with Crippen molar-refractivity contribution in [2.75, 3.05) is 0 Å². The number of aromatic amines is 1. The Hall–Kier alpha value is -2.56. The van der Waals surface area contributed by atoms with Gasteiger partial charge in [-0.1, -0.05) is 17.9 Å². The van der Waals surface area contributed by atoms with Crippen LogP contribution in [0.25, 0.3) is 10.9 Å². The van der Waals surface area contributed by atoms with Crippen LogP contribution < -0.4 is 5.11 Å². The van der Waals surface area contributed by atoms with Crippen LogP contribution in [0.4, 0.5) is 0 Å². The van der Waals surface area contributed by atoms with E-state index in [0.29, 0.717) is 0 Å². The van der Waals surface area contributed by atoms with Crippen molar-refractivity contribution < 1.29 is 14.7 Å². The topological polar surface area (TPSA) is 76.2 Å². The van der Waals surface area contributed by atoms with Crippen LogP contribution in [-0.4, -0.2) is 33.2 Å². The van der Waals surface area contributed by atoms with E-state index in [1.807, 2.05) is 32.2 Å². The van der Waals surface area contributed by atoms with Crippen molar-refractivity contribution in [3.05, 3.63) is 46.9 Å². The highest BCUT2D eigenvalue weighted by Crippen LogP contribution is 2.57. The molecule has 128 valence electrons. The Morgan fingerprint density at radius 2 is 2.12 bits per heavy atom. The average molecular weight is 335 g/mol. The van der Waals surface area contributed by atoms with Gasteiger partial charge in [-0.05, 0) is 50.3 Å². The van der Waals surface area contributed by atoms with Crippen LogP contribution in [-0.2, 0) is 16.0 Å². The lowest BCUT2D eigenvalue weighted by Crippen LogP contribution is -2.47. The lowest BCUT2D eigenvalue weighted by atomic mass is 9.69. The molecule has 5 heteroatoms. The Bertz CT molecular complexity index is 998. The van der Waals surface area contributed by atoms with Crippen LogP contribution in [0, 0.1) is 5.92 Å². The van der Waals surface area contributed by atoms with E-state index >= 15 is 0 Å². The summed E-state index contributed by atoms with van der Waals surface area (Å²) in [5.41, 5.74) is 2.81. The Kier molecular flexibility index (Phi) is 2.56. The Balaban J connectivity index is 1.78. The summed E-state index contributed by atoms with van der Waals surface area (Å²) >= 11 is 0. The molecule has 0 saturated carbocycles. The number of fused-ring (bicyclic) bond motifs is 4. The van der Waals surface area contributed by atoms with Crippen molar-refractivity contribution in [2.45, 2.75) is 44.7 Å². The van der Waals surface area contributed by atoms with Crippen LogP contribution in [0.5, 0.6) is 0 Å². The van der Waals surface area contributed by atoms with E-state index in [1.165, 1.54) is 17.9 Å². The number of amides is 1. The number of rotatable bonds is 1. The maximum absolute atomic E-state index is 13.0. The highest BCUT2D eigenvalue weighted by atomic mass is 16.3. The first-order valence-corrected chi connectivity index (χ1v) is 8.68. The van der Waals surface area contributed by atoms with Gasteiger partial charge in [0.1, 0.15) is 0 Å². The molecule has 1 saturated heterocycles. The summed E-state index contributed by atoms with van der Waals surface area (Å²) in [4.78, 5) is 29.8. The molecule has 25 heavy (non-hydrogen) atoms. The van der Waals surface area contributed by atoms with E-state index in [2.05, 4.69) is 11.1 Å². The fourth-order valence-electron chi connectivity index (χ4n) is 5.45. The minimum Gasteiger partial charge on any atom is -0.873 e. The molecule has 2 aliphatic heterocycles. The van der Waals surface area contributed by atoms with E-state index < -0.39 is 23.3 Å². The Morgan fingerprint density at radius 3 is 2.84 bits per heavy atom. The van der Waals surface area contributed by atoms with Crippen molar-refractivity contribution in [1.29, 1.82) is 0 Å². The summed E-state index contributed by atoms with van der Waals surface area (Å²) in [5, 5.41) is 14.2. The predicted octanol–water partition coefficient (Wildman–Crippen LogP) is 1.63.